The van der Waals surface area contributed by atoms with Gasteiger partial charge in [-0.2, -0.15) is 0 Å². The van der Waals surface area contributed by atoms with Gasteiger partial charge in [-0.3, -0.25) is 0 Å². The highest BCUT2D eigenvalue weighted by Crippen LogP contribution is 2.77. The second-order valence-corrected chi connectivity index (χ2v) is 49.7. The van der Waals surface area contributed by atoms with Crippen LogP contribution in [0, 0.1) is 0 Å². The molecule has 1 aliphatic carbocycles. The van der Waals surface area contributed by atoms with Crippen LogP contribution in [0.4, 0.5) is 0 Å². The van der Waals surface area contributed by atoms with Gasteiger partial charge in [-0.25, -0.2) is 0 Å². The molecule has 0 atom stereocenters. The van der Waals surface area contributed by atoms with Crippen LogP contribution in [0.5, 0.6) is 0 Å². The van der Waals surface area contributed by atoms with E-state index in [4.69, 9.17) is 53.1 Å². The molecule has 0 N–H and O–H groups in total. The van der Waals surface area contributed by atoms with Crippen LogP contribution in [-0.4, -0.2) is 144 Å². The van der Waals surface area contributed by atoms with Gasteiger partial charge in [-0.1, -0.05) is 86.4 Å². The molecule has 0 spiro atoms. The summed E-state index contributed by atoms with van der Waals surface area (Å²) >= 11 is 0. The number of hydrogen-bond acceptors (Lipinski definition) is 28. The van der Waals surface area contributed by atoms with E-state index >= 15 is 0 Å². The van der Waals surface area contributed by atoms with Gasteiger partial charge in [0.1, 0.15) is 8.16 Å². The summed E-state index contributed by atoms with van der Waals surface area (Å²) in [6.45, 7) is 30.8. The zero-order chi connectivity index (χ0) is 48.2. The summed E-state index contributed by atoms with van der Waals surface area (Å²) in [5, 5.41) is 2.73. The highest BCUT2D eigenvalue weighted by molar-refractivity contribution is 9.31. The molecule has 1 fully saturated rings. The number of rotatable bonds is 48. The van der Waals surface area contributed by atoms with Crippen molar-refractivity contribution in [1.29, 1.82) is 0 Å². The third-order valence-electron chi connectivity index (χ3n) is 7.88. The standard InChI is InChI=1S/C33H74O12S16Si4/c1-13-34-62(35-14-2,36-15-3)28-46-54-58-50-32(51-59-55-47-29-63(37-16-4,38-17-5)39-18-6)26-25-27-33(32,52-60-56-48-30-64(40-19-7,41-20-8)42-21-9)53-61-57-49-31-65(43-22-10,44-23-11)45-24-12/h13-31H2,1-12H3. The van der Waals surface area contributed by atoms with Gasteiger partial charge in [-0.05, 0) is 181 Å². The average Bonchev–Trinajstić information content (AvgIpc) is 3.61. The maximum Gasteiger partial charge on any atom is 0.512 e. The Morgan fingerprint density at radius 1 is 0.277 bits per heavy atom. The van der Waals surface area contributed by atoms with E-state index in [9.17, 15) is 0 Å². The Morgan fingerprint density at radius 3 is 0.600 bits per heavy atom. The second kappa shape index (κ2) is 42.1. The molecule has 0 aromatic carbocycles. The fourth-order valence-electron chi connectivity index (χ4n) is 5.76. The molecule has 390 valence electrons. The number of hydrogen-bond donors (Lipinski definition) is 0. The van der Waals surface area contributed by atoms with Crippen molar-refractivity contribution in [3.63, 3.8) is 0 Å². The summed E-state index contributed by atoms with van der Waals surface area (Å²) in [5.74, 6) is 0. The summed E-state index contributed by atoms with van der Waals surface area (Å²) in [6, 6.07) is 0. The zero-order valence-corrected chi connectivity index (χ0v) is 56.9. The van der Waals surface area contributed by atoms with Gasteiger partial charge < -0.3 is 53.1 Å². The Hall–Kier alpha value is 5.99. The van der Waals surface area contributed by atoms with Crippen molar-refractivity contribution >= 4 is 200 Å². The fourth-order valence-corrected chi connectivity index (χ4v) is 59.7. The van der Waals surface area contributed by atoms with Crippen molar-refractivity contribution in [2.45, 2.75) is 111 Å². The van der Waals surface area contributed by atoms with Crippen LogP contribution in [0.3, 0.4) is 0 Å². The molecule has 0 saturated heterocycles. The molecule has 0 aliphatic heterocycles. The smallest absolute Gasteiger partial charge is 0.373 e. The molecule has 0 bridgehead atoms. The third-order valence-corrected chi connectivity index (χ3v) is 55.3. The third kappa shape index (κ3) is 26.3. The van der Waals surface area contributed by atoms with Crippen LogP contribution in [0.2, 0.25) is 0 Å². The van der Waals surface area contributed by atoms with E-state index in [-0.39, 0.29) is 8.16 Å². The summed E-state index contributed by atoms with van der Waals surface area (Å²) in [5.41, 5.74) is 0. The van der Waals surface area contributed by atoms with Crippen molar-refractivity contribution in [3.8, 4) is 0 Å². The first-order valence-electron chi connectivity index (χ1n) is 21.7. The molecular weight excluding hydrogens is 1210 g/mol. The Morgan fingerprint density at radius 2 is 0.446 bits per heavy atom. The lowest BCUT2D eigenvalue weighted by Crippen LogP contribution is -2.49. The predicted molar refractivity (Wildman–Crippen MR) is 323 cm³/mol. The van der Waals surface area contributed by atoms with Gasteiger partial charge in [-0.15, -0.1) is 0 Å². The Balaban J connectivity index is 3.48. The molecule has 1 rings (SSSR count). The van der Waals surface area contributed by atoms with E-state index in [0.717, 1.165) is 19.3 Å². The van der Waals surface area contributed by atoms with E-state index in [1.54, 1.807) is 82.5 Å². The Bertz CT molecular complexity index is 934. The van der Waals surface area contributed by atoms with Gasteiger partial charge in [0.25, 0.3) is 0 Å². The van der Waals surface area contributed by atoms with Gasteiger partial charge in [0.15, 0.2) is 0 Å². The largest absolute Gasteiger partial charge is 0.512 e. The lowest BCUT2D eigenvalue weighted by atomic mass is 10.3. The van der Waals surface area contributed by atoms with Gasteiger partial charge in [0, 0.05) is 79.3 Å². The van der Waals surface area contributed by atoms with Crippen molar-refractivity contribution in [1.82, 2.24) is 0 Å². The highest BCUT2D eigenvalue weighted by atomic mass is 33.7. The quantitative estimate of drug-likeness (QED) is 0.0249. The van der Waals surface area contributed by atoms with E-state index in [1.165, 1.54) is 0 Å². The maximum absolute atomic E-state index is 6.19. The SMILES string of the molecule is CCO[Si](CSSSSC1(SSSSC[Si](OCC)(OCC)OCC)CCCC1(SSSSC[Si](OCC)(OCC)OCC)SSSSC[Si](OCC)(OCC)OCC)(OCC)OCC. The van der Waals surface area contributed by atoms with Gasteiger partial charge in [0.05, 0.1) is 21.5 Å². The minimum absolute atomic E-state index is 0.168. The lowest BCUT2D eigenvalue weighted by molar-refractivity contribution is 0.0765. The van der Waals surface area contributed by atoms with Gasteiger partial charge >= 0.3 is 35.2 Å². The van der Waals surface area contributed by atoms with E-state index in [0.29, 0.717) is 101 Å². The Kier molecular flexibility index (Phi) is 44.7. The van der Waals surface area contributed by atoms with Crippen LogP contribution in [0.15, 0.2) is 0 Å². The minimum atomic E-state index is -2.79. The summed E-state index contributed by atoms with van der Waals surface area (Å²) in [7, 11) is 18.4. The molecule has 1 aliphatic rings. The zero-order valence-electron chi connectivity index (χ0n) is 39.9. The minimum Gasteiger partial charge on any atom is -0.373 e. The Labute approximate surface area is 459 Å². The monoisotopic (exact) mass is 1290 g/mol. The van der Waals surface area contributed by atoms with Crippen LogP contribution in [0.1, 0.15) is 102 Å². The molecule has 1 saturated carbocycles. The molecule has 0 unspecified atom stereocenters. The van der Waals surface area contributed by atoms with Crippen LogP contribution in [-0.2, 0) is 53.1 Å². The van der Waals surface area contributed by atoms with Crippen molar-refractivity contribution < 1.29 is 53.1 Å². The maximum atomic E-state index is 6.19. The van der Waals surface area contributed by atoms with Crippen LogP contribution < -0.4 is 0 Å². The first kappa shape index (κ1) is 69.0. The van der Waals surface area contributed by atoms with E-state index in [1.807, 2.05) is 166 Å². The van der Waals surface area contributed by atoms with Crippen LogP contribution in [0.25, 0.3) is 0 Å². The molecule has 32 heteroatoms. The summed E-state index contributed by atoms with van der Waals surface area (Å²) < 4.78 is 73.9. The van der Waals surface area contributed by atoms with Crippen molar-refractivity contribution in [2.24, 2.45) is 0 Å². The average molecular weight is 1290 g/mol. The summed E-state index contributed by atoms with van der Waals surface area (Å²) in [4.78, 5) is 0. The van der Waals surface area contributed by atoms with E-state index < -0.39 is 35.2 Å². The van der Waals surface area contributed by atoms with E-state index in [2.05, 4.69) is 0 Å². The molecule has 65 heavy (non-hydrogen) atoms. The van der Waals surface area contributed by atoms with Crippen molar-refractivity contribution in [3.05, 3.63) is 0 Å². The lowest BCUT2D eigenvalue weighted by Gasteiger charge is -2.41. The predicted octanol–water partition coefficient (Wildman–Crippen LogP) is 15.6. The molecule has 0 aromatic rings. The van der Waals surface area contributed by atoms with Crippen LogP contribution >= 0.6 is 165 Å². The molecule has 0 heterocycles. The first-order valence-corrected chi connectivity index (χ1v) is 49.4. The topological polar surface area (TPSA) is 111 Å². The highest BCUT2D eigenvalue weighted by Gasteiger charge is 2.59. The van der Waals surface area contributed by atoms with Gasteiger partial charge in [0.2, 0.25) is 0 Å². The molecular formula is C33H74O12S16Si4. The normalized spacial score (nSPS) is 15.7. The van der Waals surface area contributed by atoms with Crippen molar-refractivity contribution in [2.75, 3.05) is 101 Å². The first-order chi connectivity index (χ1) is 31.5. The fraction of sp³-hybridized carbons (Fsp3) is 1.00. The second-order valence-electron chi connectivity index (χ2n) is 12.2. The molecule has 0 amide bonds. The summed E-state index contributed by atoms with van der Waals surface area (Å²) in [6.07, 6.45) is 3.23. The molecule has 12 nitrogen and oxygen atoms in total. The molecule has 0 aromatic heterocycles. The molecule has 0 radical (unpaired) electrons.